The smallest absolute Gasteiger partial charge is 0.134 e. The van der Waals surface area contributed by atoms with Crippen LogP contribution < -0.4 is 11.1 Å². The second-order valence-corrected chi connectivity index (χ2v) is 5.80. The minimum atomic E-state index is 0.414. The molecule has 1 heterocycles. The summed E-state index contributed by atoms with van der Waals surface area (Å²) in [6.45, 7) is 4.84. The average molecular weight is 333 g/mol. The summed E-state index contributed by atoms with van der Waals surface area (Å²) in [7, 11) is 1.72. The molecule has 0 unspecified atom stereocenters. The number of fused-ring (bicyclic) bond motifs is 1. The fraction of sp³-hybridized carbons (Fsp3) is 0.200. The molecule has 2 aromatic carbocycles. The van der Waals surface area contributed by atoms with Crippen molar-refractivity contribution in [2.75, 3.05) is 12.4 Å². The van der Waals surface area contributed by atoms with E-state index in [1.54, 1.807) is 13.4 Å². The number of nitrogens with one attached hydrogen (secondary N) is 1. The fourth-order valence-electron chi connectivity index (χ4n) is 3.07. The van der Waals surface area contributed by atoms with Gasteiger partial charge in [-0.15, -0.1) is 6.58 Å². The molecule has 5 heteroatoms. The van der Waals surface area contributed by atoms with E-state index in [1.807, 2.05) is 10.8 Å². The number of hydrogen-bond acceptors (Lipinski definition) is 3. The first-order valence-corrected chi connectivity index (χ1v) is 8.31. The van der Waals surface area contributed by atoms with E-state index in [2.05, 4.69) is 59.4 Å². The van der Waals surface area contributed by atoms with Gasteiger partial charge in [0, 0.05) is 25.6 Å². The number of nitrogens with zero attached hydrogens (tertiary/aromatic N) is 3. The van der Waals surface area contributed by atoms with E-state index in [0.717, 1.165) is 23.5 Å². The zero-order chi connectivity index (χ0) is 17.6. The highest BCUT2D eigenvalue weighted by Crippen LogP contribution is 2.25. The molecule has 0 fully saturated rings. The van der Waals surface area contributed by atoms with E-state index in [9.17, 15) is 0 Å². The SMILES string of the molecule is C=CCn1nc(Cc2cccc3ccccc23)c(CN)c1NC=NC. The molecule has 0 aliphatic rings. The molecule has 0 amide bonds. The van der Waals surface area contributed by atoms with Crippen LogP contribution in [0, 0.1) is 0 Å². The van der Waals surface area contributed by atoms with Gasteiger partial charge in [-0.25, -0.2) is 4.68 Å². The molecule has 128 valence electrons. The standard InChI is InChI=1S/C20H23N5/c1-3-11-25-20(23-14-22-2)18(13-21)19(24-25)12-16-9-6-8-15-7-4-5-10-17(15)16/h3-10,14H,1,11-13,21H2,2H3,(H,22,23). The van der Waals surface area contributed by atoms with Crippen LogP contribution in [-0.2, 0) is 19.5 Å². The zero-order valence-electron chi connectivity index (χ0n) is 14.4. The Balaban J connectivity index is 2.05. The van der Waals surface area contributed by atoms with Crippen LogP contribution in [0.5, 0.6) is 0 Å². The summed E-state index contributed by atoms with van der Waals surface area (Å²) in [5.41, 5.74) is 9.27. The summed E-state index contributed by atoms with van der Waals surface area (Å²) in [4.78, 5) is 4.00. The molecule has 0 atom stereocenters. The van der Waals surface area contributed by atoms with E-state index in [-0.39, 0.29) is 0 Å². The van der Waals surface area contributed by atoms with Gasteiger partial charge in [-0.3, -0.25) is 4.99 Å². The Kier molecular flexibility index (Phi) is 5.26. The largest absolute Gasteiger partial charge is 0.331 e. The Morgan fingerprint density at radius 2 is 2.04 bits per heavy atom. The third kappa shape index (κ3) is 3.46. The van der Waals surface area contributed by atoms with Crippen molar-refractivity contribution in [2.45, 2.75) is 19.5 Å². The summed E-state index contributed by atoms with van der Waals surface area (Å²) in [5.74, 6) is 0.878. The summed E-state index contributed by atoms with van der Waals surface area (Å²) in [5, 5.41) is 10.4. The monoisotopic (exact) mass is 333 g/mol. The third-order valence-electron chi connectivity index (χ3n) is 4.21. The van der Waals surface area contributed by atoms with E-state index in [1.165, 1.54) is 16.3 Å². The van der Waals surface area contributed by atoms with Gasteiger partial charge in [0.25, 0.3) is 0 Å². The number of nitrogens with two attached hydrogens (primary N) is 1. The molecule has 0 aliphatic carbocycles. The summed E-state index contributed by atoms with van der Waals surface area (Å²) in [6.07, 6.45) is 4.21. The van der Waals surface area contributed by atoms with Crippen molar-refractivity contribution in [1.29, 1.82) is 0 Å². The van der Waals surface area contributed by atoms with Gasteiger partial charge < -0.3 is 11.1 Å². The molecule has 3 N–H and O–H groups in total. The van der Waals surface area contributed by atoms with E-state index in [0.29, 0.717) is 13.1 Å². The highest BCUT2D eigenvalue weighted by atomic mass is 15.3. The average Bonchev–Trinajstić information content (AvgIpc) is 2.96. The molecule has 0 aliphatic heterocycles. The van der Waals surface area contributed by atoms with Gasteiger partial charge in [-0.2, -0.15) is 5.10 Å². The number of hydrogen-bond donors (Lipinski definition) is 2. The Hall–Kier alpha value is -2.92. The van der Waals surface area contributed by atoms with Gasteiger partial charge in [-0.1, -0.05) is 48.5 Å². The number of aliphatic imine (C=N–C) groups is 1. The first-order valence-electron chi connectivity index (χ1n) is 8.31. The molecule has 0 spiro atoms. The lowest BCUT2D eigenvalue weighted by Crippen LogP contribution is -2.08. The molecule has 0 saturated carbocycles. The van der Waals surface area contributed by atoms with Crippen molar-refractivity contribution in [1.82, 2.24) is 9.78 Å². The van der Waals surface area contributed by atoms with Crippen LogP contribution in [0.15, 0.2) is 60.1 Å². The maximum Gasteiger partial charge on any atom is 0.134 e. The van der Waals surface area contributed by atoms with E-state index >= 15 is 0 Å². The Morgan fingerprint density at radius 3 is 2.80 bits per heavy atom. The number of allylic oxidation sites excluding steroid dienone is 1. The predicted octanol–water partition coefficient (Wildman–Crippen LogP) is 3.34. The highest BCUT2D eigenvalue weighted by molar-refractivity contribution is 5.86. The second kappa shape index (κ2) is 7.77. The zero-order valence-corrected chi connectivity index (χ0v) is 14.4. The number of aromatic nitrogens is 2. The highest BCUT2D eigenvalue weighted by Gasteiger charge is 2.16. The van der Waals surface area contributed by atoms with Crippen molar-refractivity contribution >= 4 is 22.9 Å². The van der Waals surface area contributed by atoms with Crippen molar-refractivity contribution in [2.24, 2.45) is 10.7 Å². The molecule has 0 saturated heterocycles. The quantitative estimate of drug-likeness (QED) is 0.396. The number of benzene rings is 2. The van der Waals surface area contributed by atoms with Crippen LogP contribution in [0.1, 0.15) is 16.8 Å². The molecule has 25 heavy (non-hydrogen) atoms. The van der Waals surface area contributed by atoms with Crippen LogP contribution in [0.3, 0.4) is 0 Å². The Morgan fingerprint density at radius 1 is 1.24 bits per heavy atom. The van der Waals surface area contributed by atoms with Gasteiger partial charge >= 0.3 is 0 Å². The van der Waals surface area contributed by atoms with Gasteiger partial charge in [0.15, 0.2) is 0 Å². The summed E-state index contributed by atoms with van der Waals surface area (Å²) in [6, 6.07) is 14.8. The molecule has 1 aromatic heterocycles. The van der Waals surface area contributed by atoms with Crippen LogP contribution in [-0.4, -0.2) is 23.2 Å². The predicted molar refractivity (Wildman–Crippen MR) is 105 cm³/mol. The van der Waals surface area contributed by atoms with E-state index < -0.39 is 0 Å². The molecular formula is C20H23N5. The first kappa shape index (κ1) is 16.9. The molecule has 3 rings (SSSR count). The topological polar surface area (TPSA) is 68.2 Å². The molecular weight excluding hydrogens is 310 g/mol. The lowest BCUT2D eigenvalue weighted by atomic mass is 9.99. The first-order chi connectivity index (χ1) is 12.3. The normalized spacial score (nSPS) is 11.3. The second-order valence-electron chi connectivity index (χ2n) is 5.80. The fourth-order valence-corrected chi connectivity index (χ4v) is 3.07. The number of rotatable bonds is 7. The van der Waals surface area contributed by atoms with Crippen LogP contribution in [0.4, 0.5) is 5.82 Å². The van der Waals surface area contributed by atoms with Gasteiger partial charge in [-0.05, 0) is 16.3 Å². The maximum absolute atomic E-state index is 6.04. The number of anilines is 1. The van der Waals surface area contributed by atoms with Crippen molar-refractivity contribution in [3.8, 4) is 0 Å². The summed E-state index contributed by atoms with van der Waals surface area (Å²) < 4.78 is 1.89. The molecule has 0 radical (unpaired) electrons. The Bertz CT molecular complexity index is 902. The molecule has 0 bridgehead atoms. The van der Waals surface area contributed by atoms with Gasteiger partial charge in [0.1, 0.15) is 5.82 Å². The van der Waals surface area contributed by atoms with E-state index in [4.69, 9.17) is 10.8 Å². The van der Waals surface area contributed by atoms with Crippen molar-refractivity contribution in [3.63, 3.8) is 0 Å². The van der Waals surface area contributed by atoms with Gasteiger partial charge in [0.2, 0.25) is 0 Å². The molecule has 3 aromatic rings. The summed E-state index contributed by atoms with van der Waals surface area (Å²) >= 11 is 0. The van der Waals surface area contributed by atoms with Crippen LogP contribution in [0.2, 0.25) is 0 Å². The van der Waals surface area contributed by atoms with Crippen molar-refractivity contribution < 1.29 is 0 Å². The van der Waals surface area contributed by atoms with Crippen LogP contribution >= 0.6 is 0 Å². The van der Waals surface area contributed by atoms with Gasteiger partial charge in [0.05, 0.1) is 18.6 Å². The molecule has 5 nitrogen and oxygen atoms in total. The maximum atomic E-state index is 6.04. The lowest BCUT2D eigenvalue weighted by Gasteiger charge is -2.07. The Labute approximate surface area is 147 Å². The lowest BCUT2D eigenvalue weighted by molar-refractivity contribution is 0.699. The van der Waals surface area contributed by atoms with Crippen LogP contribution in [0.25, 0.3) is 10.8 Å². The third-order valence-corrected chi connectivity index (χ3v) is 4.21. The van der Waals surface area contributed by atoms with Crippen molar-refractivity contribution in [3.05, 3.63) is 71.9 Å². The minimum Gasteiger partial charge on any atom is -0.331 e. The minimum absolute atomic E-state index is 0.414.